The van der Waals surface area contributed by atoms with Crippen molar-refractivity contribution >= 4 is 22.7 Å². The van der Waals surface area contributed by atoms with E-state index in [1.54, 1.807) is 7.05 Å². The first-order chi connectivity index (χ1) is 16.5. The molecule has 0 saturated heterocycles. The number of pyridine rings is 1. The second kappa shape index (κ2) is 12.2. The number of unbranched alkanes of at least 4 members (excludes halogenated alkanes) is 1. The van der Waals surface area contributed by atoms with Gasteiger partial charge in [-0.3, -0.25) is 4.90 Å². The van der Waals surface area contributed by atoms with Crippen molar-refractivity contribution in [2.24, 2.45) is 0 Å². The molecule has 0 bridgehead atoms. The SMILES string of the molecule is CC.CCCCOC(C)(C)c1ccc2cc(-c3ccc(N(C)C(=O)OC(C)(C)C)cc3)ccc2n1. The van der Waals surface area contributed by atoms with E-state index in [4.69, 9.17) is 14.5 Å². The summed E-state index contributed by atoms with van der Waals surface area (Å²) >= 11 is 0. The van der Waals surface area contributed by atoms with Gasteiger partial charge in [0, 0.05) is 24.7 Å². The first-order valence-corrected chi connectivity index (χ1v) is 12.6. The van der Waals surface area contributed by atoms with Crippen molar-refractivity contribution in [1.82, 2.24) is 4.98 Å². The number of fused-ring (bicyclic) bond motifs is 1. The Morgan fingerprint density at radius 1 is 0.914 bits per heavy atom. The van der Waals surface area contributed by atoms with Gasteiger partial charge in [0.15, 0.2) is 0 Å². The molecule has 5 heteroatoms. The van der Waals surface area contributed by atoms with Crippen LogP contribution in [0.15, 0.2) is 54.6 Å². The molecule has 5 nitrogen and oxygen atoms in total. The number of amides is 1. The molecule has 3 rings (SSSR count). The fraction of sp³-hybridized carbons (Fsp3) is 0.467. The highest BCUT2D eigenvalue weighted by Gasteiger charge is 2.23. The molecule has 0 aliphatic rings. The number of aromatic nitrogens is 1. The molecule has 0 aliphatic carbocycles. The van der Waals surface area contributed by atoms with Crippen LogP contribution in [0.2, 0.25) is 0 Å². The van der Waals surface area contributed by atoms with Crippen LogP contribution in [-0.2, 0) is 15.1 Å². The minimum Gasteiger partial charge on any atom is -0.443 e. The largest absolute Gasteiger partial charge is 0.443 e. The van der Waals surface area contributed by atoms with Gasteiger partial charge in [0.2, 0.25) is 0 Å². The molecular formula is C30H42N2O3. The van der Waals surface area contributed by atoms with Gasteiger partial charge in [0.1, 0.15) is 11.2 Å². The molecule has 2 aromatic carbocycles. The number of rotatable bonds is 7. The Morgan fingerprint density at radius 2 is 1.54 bits per heavy atom. The maximum absolute atomic E-state index is 12.3. The van der Waals surface area contributed by atoms with Crippen molar-refractivity contribution in [3.05, 3.63) is 60.3 Å². The zero-order valence-electron chi connectivity index (χ0n) is 22.9. The van der Waals surface area contributed by atoms with E-state index in [1.807, 2.05) is 58.9 Å². The van der Waals surface area contributed by atoms with Crippen molar-refractivity contribution in [1.29, 1.82) is 0 Å². The Kier molecular flexibility index (Phi) is 9.84. The van der Waals surface area contributed by atoms with Crippen molar-refractivity contribution in [3.8, 4) is 11.1 Å². The third-order valence-corrected chi connectivity index (χ3v) is 5.52. The quantitative estimate of drug-likeness (QED) is 0.320. The lowest BCUT2D eigenvalue weighted by Crippen LogP contribution is -2.34. The Bertz CT molecular complexity index is 1100. The van der Waals surface area contributed by atoms with E-state index in [2.05, 4.69) is 51.1 Å². The zero-order chi connectivity index (χ0) is 26.2. The third-order valence-electron chi connectivity index (χ3n) is 5.52. The Labute approximate surface area is 211 Å². The summed E-state index contributed by atoms with van der Waals surface area (Å²) in [5, 5.41) is 1.08. The number of anilines is 1. The van der Waals surface area contributed by atoms with Gasteiger partial charge in [0.25, 0.3) is 0 Å². The molecule has 0 aliphatic heterocycles. The smallest absolute Gasteiger partial charge is 0.414 e. The number of nitrogens with zero attached hydrogens (tertiary/aromatic N) is 2. The minimum absolute atomic E-state index is 0.371. The average Bonchev–Trinajstić information content (AvgIpc) is 2.83. The van der Waals surface area contributed by atoms with E-state index < -0.39 is 11.2 Å². The summed E-state index contributed by atoms with van der Waals surface area (Å²) in [5.74, 6) is 0. The number of carbonyl (C=O) groups excluding carboxylic acids is 1. The van der Waals surface area contributed by atoms with Gasteiger partial charge in [0.05, 0.1) is 11.2 Å². The maximum Gasteiger partial charge on any atom is 0.414 e. The maximum atomic E-state index is 12.3. The lowest BCUT2D eigenvalue weighted by Gasteiger charge is -2.25. The number of carbonyl (C=O) groups is 1. The van der Waals surface area contributed by atoms with Crippen molar-refractivity contribution in [2.45, 2.75) is 79.4 Å². The summed E-state index contributed by atoms with van der Waals surface area (Å²) in [5.41, 5.74) is 3.90. The number of hydrogen-bond acceptors (Lipinski definition) is 4. The summed E-state index contributed by atoms with van der Waals surface area (Å²) < 4.78 is 11.5. The van der Waals surface area contributed by atoms with Gasteiger partial charge in [-0.1, -0.05) is 51.5 Å². The summed E-state index contributed by atoms with van der Waals surface area (Å²) in [6.07, 6.45) is 1.79. The van der Waals surface area contributed by atoms with Gasteiger partial charge in [-0.2, -0.15) is 0 Å². The van der Waals surface area contributed by atoms with Crippen LogP contribution >= 0.6 is 0 Å². The van der Waals surface area contributed by atoms with Gasteiger partial charge in [-0.25, -0.2) is 9.78 Å². The van der Waals surface area contributed by atoms with Crippen LogP contribution in [0.4, 0.5) is 10.5 Å². The van der Waals surface area contributed by atoms with Crippen molar-refractivity contribution in [3.63, 3.8) is 0 Å². The lowest BCUT2D eigenvalue weighted by molar-refractivity contribution is -0.0258. The van der Waals surface area contributed by atoms with Crippen LogP contribution in [0.3, 0.4) is 0 Å². The Hall–Kier alpha value is -2.92. The molecule has 0 N–H and O–H groups in total. The van der Waals surface area contributed by atoms with E-state index in [0.717, 1.165) is 52.9 Å². The highest BCUT2D eigenvalue weighted by Crippen LogP contribution is 2.29. The predicted octanol–water partition coefficient (Wildman–Crippen LogP) is 8.35. The summed E-state index contributed by atoms with van der Waals surface area (Å²) in [6.45, 7) is 16.6. The van der Waals surface area contributed by atoms with Crippen LogP contribution in [0, 0.1) is 0 Å². The van der Waals surface area contributed by atoms with Gasteiger partial charge in [-0.05, 0) is 82.5 Å². The number of ether oxygens (including phenoxy) is 2. The molecule has 0 fully saturated rings. The topological polar surface area (TPSA) is 51.7 Å². The van der Waals surface area contributed by atoms with Gasteiger partial charge in [-0.15, -0.1) is 0 Å². The number of hydrogen-bond donors (Lipinski definition) is 0. The van der Waals surface area contributed by atoms with E-state index in [1.165, 1.54) is 4.90 Å². The molecule has 0 atom stereocenters. The summed E-state index contributed by atoms with van der Waals surface area (Å²) in [7, 11) is 1.72. The van der Waals surface area contributed by atoms with Crippen LogP contribution in [-0.4, -0.2) is 30.3 Å². The van der Waals surface area contributed by atoms with Crippen LogP contribution in [0.1, 0.15) is 73.9 Å². The first kappa shape index (κ1) is 28.3. The molecule has 1 heterocycles. The van der Waals surface area contributed by atoms with Crippen LogP contribution < -0.4 is 4.90 Å². The second-order valence-corrected chi connectivity index (χ2v) is 9.90. The molecule has 190 valence electrons. The fourth-order valence-corrected chi connectivity index (χ4v) is 3.50. The first-order valence-electron chi connectivity index (χ1n) is 12.6. The van der Waals surface area contributed by atoms with Crippen molar-refractivity contribution in [2.75, 3.05) is 18.6 Å². The summed E-state index contributed by atoms with van der Waals surface area (Å²) in [4.78, 5) is 18.7. The molecule has 3 aromatic rings. The van der Waals surface area contributed by atoms with Crippen molar-refractivity contribution < 1.29 is 14.3 Å². The highest BCUT2D eigenvalue weighted by molar-refractivity contribution is 5.88. The monoisotopic (exact) mass is 478 g/mol. The molecule has 35 heavy (non-hydrogen) atoms. The van der Waals surface area contributed by atoms with E-state index in [-0.39, 0.29) is 6.09 Å². The molecule has 1 amide bonds. The second-order valence-electron chi connectivity index (χ2n) is 9.90. The molecule has 1 aromatic heterocycles. The van der Waals surface area contributed by atoms with E-state index >= 15 is 0 Å². The molecular weight excluding hydrogens is 436 g/mol. The van der Waals surface area contributed by atoms with E-state index in [0.29, 0.717) is 0 Å². The lowest BCUT2D eigenvalue weighted by atomic mass is 10.00. The van der Waals surface area contributed by atoms with Crippen LogP contribution in [0.5, 0.6) is 0 Å². The zero-order valence-corrected chi connectivity index (χ0v) is 22.9. The predicted molar refractivity (Wildman–Crippen MR) is 147 cm³/mol. The standard InChI is InChI=1S/C28H36N2O3.C2H6/c1-8-9-18-32-28(5,6)25-17-13-22-19-21(12-16-24(22)29-25)20-10-14-23(15-11-20)30(7)26(31)33-27(2,3)4;1-2/h10-17,19H,8-9,18H2,1-7H3;1-2H3. The molecule has 0 saturated carbocycles. The van der Waals surface area contributed by atoms with Crippen LogP contribution in [0.25, 0.3) is 22.0 Å². The van der Waals surface area contributed by atoms with Gasteiger partial charge < -0.3 is 9.47 Å². The third kappa shape index (κ3) is 7.79. The molecule has 0 unspecified atom stereocenters. The number of benzene rings is 2. The molecule has 0 radical (unpaired) electrons. The minimum atomic E-state index is -0.527. The van der Waals surface area contributed by atoms with Gasteiger partial charge >= 0.3 is 6.09 Å². The normalized spacial score (nSPS) is 11.6. The average molecular weight is 479 g/mol. The molecule has 0 spiro atoms. The Morgan fingerprint density at radius 3 is 2.14 bits per heavy atom. The van der Waals surface area contributed by atoms with E-state index in [9.17, 15) is 4.79 Å². The Balaban J connectivity index is 0.00000210. The summed E-state index contributed by atoms with van der Waals surface area (Å²) in [6, 6.07) is 18.3. The fourth-order valence-electron chi connectivity index (χ4n) is 3.50. The highest BCUT2D eigenvalue weighted by atomic mass is 16.6.